The summed E-state index contributed by atoms with van der Waals surface area (Å²) in [5.41, 5.74) is 0.693. The van der Waals surface area contributed by atoms with Crippen molar-refractivity contribution >= 4 is 11.8 Å². The van der Waals surface area contributed by atoms with Crippen LogP contribution in [0, 0.1) is 11.6 Å². The zero-order valence-electron chi connectivity index (χ0n) is 10.8. The van der Waals surface area contributed by atoms with Crippen molar-refractivity contribution in [1.82, 2.24) is 5.32 Å². The van der Waals surface area contributed by atoms with Crippen LogP contribution in [0.25, 0.3) is 0 Å². The molecule has 2 nitrogen and oxygen atoms in total. The number of rotatable bonds is 6. The molecule has 0 aliphatic heterocycles. The molecule has 0 amide bonds. The molecule has 3 atom stereocenters. The van der Waals surface area contributed by atoms with Crippen molar-refractivity contribution in [3.05, 3.63) is 35.4 Å². The predicted octanol–water partition coefficient (Wildman–Crippen LogP) is 2.73. The maximum Gasteiger partial charge on any atom is 0.159 e. The molecule has 0 saturated heterocycles. The second-order valence-corrected chi connectivity index (χ2v) is 5.38. The van der Waals surface area contributed by atoms with Gasteiger partial charge in [0.15, 0.2) is 11.6 Å². The van der Waals surface area contributed by atoms with Crippen LogP contribution in [0.5, 0.6) is 0 Å². The molecule has 0 spiro atoms. The Morgan fingerprint density at radius 3 is 2.44 bits per heavy atom. The van der Waals surface area contributed by atoms with Gasteiger partial charge in [0.1, 0.15) is 0 Å². The average molecular weight is 275 g/mol. The van der Waals surface area contributed by atoms with Gasteiger partial charge in [-0.1, -0.05) is 6.07 Å². The molecule has 0 saturated carbocycles. The van der Waals surface area contributed by atoms with E-state index in [2.05, 4.69) is 5.32 Å². The summed E-state index contributed by atoms with van der Waals surface area (Å²) in [4.78, 5) is 0. The molecule has 0 bridgehead atoms. The van der Waals surface area contributed by atoms with Crippen LogP contribution < -0.4 is 5.32 Å². The maximum absolute atomic E-state index is 13.1. The van der Waals surface area contributed by atoms with Gasteiger partial charge >= 0.3 is 0 Å². The molecule has 0 aliphatic carbocycles. The Hall–Kier alpha value is -0.650. The van der Waals surface area contributed by atoms with E-state index in [-0.39, 0.29) is 23.9 Å². The van der Waals surface area contributed by atoms with Crippen molar-refractivity contribution in [1.29, 1.82) is 0 Å². The van der Waals surface area contributed by atoms with E-state index in [1.54, 1.807) is 17.8 Å². The predicted molar refractivity (Wildman–Crippen MR) is 71.8 cm³/mol. The normalized spacial score (nSPS) is 16.3. The van der Waals surface area contributed by atoms with Gasteiger partial charge in [-0.15, -0.1) is 0 Å². The molecule has 18 heavy (non-hydrogen) atoms. The van der Waals surface area contributed by atoms with E-state index in [1.807, 2.05) is 20.1 Å². The number of hydrogen-bond donors (Lipinski definition) is 2. The van der Waals surface area contributed by atoms with Crippen LogP contribution in [0.15, 0.2) is 18.2 Å². The van der Waals surface area contributed by atoms with Crippen LogP contribution in [-0.2, 0) is 0 Å². The molecule has 0 radical (unpaired) electrons. The zero-order valence-corrected chi connectivity index (χ0v) is 11.6. The van der Waals surface area contributed by atoms with Crippen molar-refractivity contribution in [2.45, 2.75) is 31.2 Å². The Bertz CT molecular complexity index is 385. The van der Waals surface area contributed by atoms with Crippen molar-refractivity contribution in [2.24, 2.45) is 0 Å². The van der Waals surface area contributed by atoms with Gasteiger partial charge in [0.05, 0.1) is 6.61 Å². The lowest BCUT2D eigenvalue weighted by molar-refractivity contribution is 0.271. The average Bonchev–Trinajstić information content (AvgIpc) is 2.34. The van der Waals surface area contributed by atoms with Crippen molar-refractivity contribution in [3.63, 3.8) is 0 Å². The number of hydrogen-bond acceptors (Lipinski definition) is 3. The summed E-state index contributed by atoms with van der Waals surface area (Å²) in [6.07, 6.45) is 1.93. The Morgan fingerprint density at radius 2 is 1.94 bits per heavy atom. The first-order valence-corrected chi connectivity index (χ1v) is 7.13. The molecule has 0 aromatic heterocycles. The number of aliphatic hydroxyl groups excluding tert-OH is 1. The standard InChI is InChI=1S/C13H19F2NOS/c1-8(16-9(2)13(7-17)18-3)10-4-5-11(14)12(15)6-10/h4-6,8-9,13,16-17H,7H2,1-3H3. The molecule has 1 rings (SSSR count). The third-order valence-corrected chi connectivity index (χ3v) is 4.16. The third kappa shape index (κ3) is 3.93. The molecule has 0 fully saturated rings. The number of halogens is 2. The van der Waals surface area contributed by atoms with Gasteiger partial charge in [-0.2, -0.15) is 11.8 Å². The first-order valence-electron chi connectivity index (χ1n) is 5.84. The lowest BCUT2D eigenvalue weighted by Gasteiger charge is -2.25. The molecule has 1 aromatic carbocycles. The fourth-order valence-corrected chi connectivity index (χ4v) is 2.45. The Morgan fingerprint density at radius 1 is 1.28 bits per heavy atom. The van der Waals surface area contributed by atoms with Crippen LogP contribution in [0.2, 0.25) is 0 Å². The number of thioether (sulfide) groups is 1. The van der Waals surface area contributed by atoms with Gasteiger partial charge in [-0.05, 0) is 37.8 Å². The summed E-state index contributed by atoms with van der Waals surface area (Å²) in [6, 6.07) is 3.87. The van der Waals surface area contributed by atoms with Crippen LogP contribution in [0.4, 0.5) is 8.78 Å². The van der Waals surface area contributed by atoms with E-state index in [1.165, 1.54) is 6.07 Å². The van der Waals surface area contributed by atoms with Gasteiger partial charge in [0.25, 0.3) is 0 Å². The fraction of sp³-hybridized carbons (Fsp3) is 0.538. The monoisotopic (exact) mass is 275 g/mol. The van der Waals surface area contributed by atoms with Gasteiger partial charge in [0, 0.05) is 17.3 Å². The highest BCUT2D eigenvalue weighted by atomic mass is 32.2. The molecular weight excluding hydrogens is 256 g/mol. The lowest BCUT2D eigenvalue weighted by atomic mass is 10.1. The van der Waals surface area contributed by atoms with Gasteiger partial charge in [0.2, 0.25) is 0 Å². The van der Waals surface area contributed by atoms with Crippen molar-refractivity contribution in [3.8, 4) is 0 Å². The summed E-state index contributed by atoms with van der Waals surface area (Å²) < 4.78 is 26.0. The largest absolute Gasteiger partial charge is 0.395 e. The molecule has 3 unspecified atom stereocenters. The summed E-state index contributed by atoms with van der Waals surface area (Å²) in [5.74, 6) is -1.67. The molecule has 1 aromatic rings. The van der Waals surface area contributed by atoms with Gasteiger partial charge in [-0.25, -0.2) is 8.78 Å². The quantitative estimate of drug-likeness (QED) is 0.837. The highest BCUT2D eigenvalue weighted by Crippen LogP contribution is 2.19. The second-order valence-electron chi connectivity index (χ2n) is 4.31. The summed E-state index contributed by atoms with van der Waals surface area (Å²) in [7, 11) is 0. The molecule has 102 valence electrons. The van der Waals surface area contributed by atoms with E-state index < -0.39 is 11.6 Å². The maximum atomic E-state index is 13.1. The smallest absolute Gasteiger partial charge is 0.159 e. The molecule has 2 N–H and O–H groups in total. The fourth-order valence-electron chi connectivity index (χ4n) is 1.82. The lowest BCUT2D eigenvalue weighted by Crippen LogP contribution is -2.38. The van der Waals surface area contributed by atoms with Crippen LogP contribution in [-0.4, -0.2) is 29.3 Å². The number of benzene rings is 1. The topological polar surface area (TPSA) is 32.3 Å². The van der Waals surface area contributed by atoms with Crippen molar-refractivity contribution < 1.29 is 13.9 Å². The van der Waals surface area contributed by atoms with E-state index in [0.717, 1.165) is 6.07 Å². The van der Waals surface area contributed by atoms with E-state index in [0.29, 0.717) is 5.56 Å². The van der Waals surface area contributed by atoms with Crippen molar-refractivity contribution in [2.75, 3.05) is 12.9 Å². The van der Waals surface area contributed by atoms with Gasteiger partial charge in [-0.3, -0.25) is 0 Å². The van der Waals surface area contributed by atoms with Gasteiger partial charge < -0.3 is 10.4 Å². The summed E-state index contributed by atoms with van der Waals surface area (Å²) in [5, 5.41) is 12.5. The molecule has 0 aliphatic rings. The van der Waals surface area contributed by atoms with E-state index >= 15 is 0 Å². The number of aliphatic hydroxyl groups is 1. The van der Waals surface area contributed by atoms with E-state index in [9.17, 15) is 13.9 Å². The highest BCUT2D eigenvalue weighted by molar-refractivity contribution is 7.99. The first-order chi connectivity index (χ1) is 8.49. The molecule has 5 heteroatoms. The Balaban J connectivity index is 2.69. The van der Waals surface area contributed by atoms with Crippen LogP contribution >= 0.6 is 11.8 Å². The SMILES string of the molecule is CSC(CO)C(C)NC(C)c1ccc(F)c(F)c1. The minimum absolute atomic E-state index is 0.0770. The minimum atomic E-state index is -0.837. The summed E-state index contributed by atoms with van der Waals surface area (Å²) >= 11 is 1.57. The first kappa shape index (κ1) is 15.4. The van der Waals surface area contributed by atoms with Crippen LogP contribution in [0.3, 0.4) is 0 Å². The Labute approximate surface area is 111 Å². The highest BCUT2D eigenvalue weighted by Gasteiger charge is 2.18. The molecule has 0 heterocycles. The molecular formula is C13H19F2NOS. The summed E-state index contributed by atoms with van der Waals surface area (Å²) in [6.45, 7) is 3.94. The Kier molecular flexibility index (Phi) is 6.05. The minimum Gasteiger partial charge on any atom is -0.395 e. The zero-order chi connectivity index (χ0) is 13.7. The van der Waals surface area contributed by atoms with Crippen LogP contribution in [0.1, 0.15) is 25.5 Å². The van der Waals surface area contributed by atoms with E-state index in [4.69, 9.17) is 0 Å². The third-order valence-electron chi connectivity index (χ3n) is 3.00. The number of nitrogens with one attached hydrogen (secondary N) is 1. The second kappa shape index (κ2) is 7.07.